The van der Waals surface area contributed by atoms with Crippen LogP contribution in [0.3, 0.4) is 0 Å². The van der Waals surface area contributed by atoms with Crippen LogP contribution in [0.1, 0.15) is 29.6 Å². The number of alkyl halides is 1. The first-order valence-electron chi connectivity index (χ1n) is 7.59. The maximum Gasteiger partial charge on any atom is 0.235 e. The average Bonchev–Trinajstić information content (AvgIpc) is 2.88. The van der Waals surface area contributed by atoms with Gasteiger partial charge in [-0.1, -0.05) is 22.0 Å². The summed E-state index contributed by atoms with van der Waals surface area (Å²) < 4.78 is 21.4. The molecule has 0 N–H and O–H groups in total. The molecule has 0 unspecified atom stereocenters. The minimum atomic E-state index is -0.136. The van der Waals surface area contributed by atoms with E-state index < -0.39 is 0 Å². The minimum Gasteiger partial charge on any atom is -0.493 e. The maximum absolute atomic E-state index is 12.5. The molecule has 0 aromatic heterocycles. The summed E-state index contributed by atoms with van der Waals surface area (Å²) in [5.41, 5.74) is 0.510. The van der Waals surface area contributed by atoms with E-state index in [4.69, 9.17) is 18.9 Å². The van der Waals surface area contributed by atoms with E-state index in [1.54, 1.807) is 25.3 Å². The lowest BCUT2D eigenvalue weighted by Gasteiger charge is -2.07. The Balaban J connectivity index is 1.97. The Morgan fingerprint density at radius 3 is 2.91 bits per heavy atom. The van der Waals surface area contributed by atoms with Crippen molar-refractivity contribution in [3.05, 3.63) is 35.6 Å². The molecule has 126 valence electrons. The summed E-state index contributed by atoms with van der Waals surface area (Å²) in [5, 5.41) is 0.948. The molecule has 1 aliphatic rings. The standard InChI is InChI=1S/C17H21BrO5/c1-20-12-21-10-5-8-15-17(19)16-13(22-11-3-2-9-18)6-4-7-14(16)23-15/h4,6-8H,2-3,5,9-12H2,1H3/b15-8-. The molecular formula is C17H21BrO5. The largest absolute Gasteiger partial charge is 0.493 e. The van der Waals surface area contributed by atoms with Gasteiger partial charge < -0.3 is 18.9 Å². The molecule has 0 amide bonds. The summed E-state index contributed by atoms with van der Waals surface area (Å²) in [6.45, 7) is 1.30. The van der Waals surface area contributed by atoms with Crippen LogP contribution in [0.4, 0.5) is 0 Å². The number of fused-ring (bicyclic) bond motifs is 1. The Morgan fingerprint density at radius 1 is 1.26 bits per heavy atom. The van der Waals surface area contributed by atoms with Crippen LogP contribution in [0.25, 0.3) is 0 Å². The predicted octanol–water partition coefficient (Wildman–Crippen LogP) is 3.71. The van der Waals surface area contributed by atoms with Crippen molar-refractivity contribution in [2.24, 2.45) is 0 Å². The molecule has 23 heavy (non-hydrogen) atoms. The van der Waals surface area contributed by atoms with Crippen LogP contribution in [0.15, 0.2) is 30.0 Å². The number of hydrogen-bond donors (Lipinski definition) is 0. The van der Waals surface area contributed by atoms with Crippen molar-refractivity contribution in [2.75, 3.05) is 32.4 Å². The van der Waals surface area contributed by atoms with Crippen LogP contribution < -0.4 is 9.47 Å². The quantitative estimate of drug-likeness (QED) is 0.266. The fourth-order valence-electron chi connectivity index (χ4n) is 2.16. The monoisotopic (exact) mass is 384 g/mol. The van der Waals surface area contributed by atoms with Crippen molar-refractivity contribution in [3.63, 3.8) is 0 Å². The Hall–Kier alpha value is -1.37. The van der Waals surface area contributed by atoms with Crippen LogP contribution in [0, 0.1) is 0 Å². The molecule has 0 spiro atoms. The second-order valence-electron chi connectivity index (χ2n) is 4.98. The number of halogens is 1. The first kappa shape index (κ1) is 18.0. The molecule has 6 heteroatoms. The topological polar surface area (TPSA) is 54.0 Å². The number of carbonyl (C=O) groups is 1. The first-order chi connectivity index (χ1) is 11.3. The van der Waals surface area contributed by atoms with Gasteiger partial charge in [0.25, 0.3) is 0 Å². The fourth-order valence-corrected chi connectivity index (χ4v) is 2.55. The fraction of sp³-hybridized carbons (Fsp3) is 0.471. The lowest BCUT2D eigenvalue weighted by atomic mass is 10.1. The van der Waals surface area contributed by atoms with E-state index >= 15 is 0 Å². The normalized spacial score (nSPS) is 14.9. The van der Waals surface area contributed by atoms with Gasteiger partial charge in [-0.3, -0.25) is 4.79 Å². The molecule has 2 rings (SSSR count). The van der Waals surface area contributed by atoms with Gasteiger partial charge in [0, 0.05) is 12.4 Å². The average molecular weight is 385 g/mol. The third-order valence-electron chi connectivity index (χ3n) is 3.24. The Bertz CT molecular complexity index is 556. The number of Topliss-reactive ketones (excluding diaryl/α,β-unsaturated/α-hetero) is 1. The van der Waals surface area contributed by atoms with E-state index in [2.05, 4.69) is 15.9 Å². The molecule has 1 aromatic rings. The second kappa shape index (κ2) is 9.70. The highest BCUT2D eigenvalue weighted by molar-refractivity contribution is 9.09. The minimum absolute atomic E-state index is 0.136. The number of unbranched alkanes of at least 4 members (excludes halogenated alkanes) is 1. The van der Waals surface area contributed by atoms with Crippen molar-refractivity contribution in [1.29, 1.82) is 0 Å². The van der Waals surface area contributed by atoms with Crippen molar-refractivity contribution in [3.8, 4) is 11.5 Å². The van der Waals surface area contributed by atoms with Gasteiger partial charge in [0.15, 0.2) is 5.76 Å². The van der Waals surface area contributed by atoms with Gasteiger partial charge in [-0.2, -0.15) is 0 Å². The van der Waals surface area contributed by atoms with Gasteiger partial charge in [-0.15, -0.1) is 0 Å². The third-order valence-corrected chi connectivity index (χ3v) is 3.80. The van der Waals surface area contributed by atoms with Crippen molar-refractivity contribution < 1.29 is 23.7 Å². The van der Waals surface area contributed by atoms with E-state index in [0.717, 1.165) is 18.2 Å². The molecule has 0 fully saturated rings. The molecule has 1 aliphatic heterocycles. The molecule has 0 radical (unpaired) electrons. The summed E-state index contributed by atoms with van der Waals surface area (Å²) >= 11 is 3.39. The van der Waals surface area contributed by atoms with Gasteiger partial charge in [-0.25, -0.2) is 0 Å². The van der Waals surface area contributed by atoms with E-state index in [-0.39, 0.29) is 12.6 Å². The zero-order valence-corrected chi connectivity index (χ0v) is 14.8. The van der Waals surface area contributed by atoms with E-state index in [9.17, 15) is 4.79 Å². The van der Waals surface area contributed by atoms with E-state index in [1.165, 1.54) is 0 Å². The van der Waals surface area contributed by atoms with Gasteiger partial charge >= 0.3 is 0 Å². The van der Waals surface area contributed by atoms with Gasteiger partial charge in [0.1, 0.15) is 23.9 Å². The second-order valence-corrected chi connectivity index (χ2v) is 5.77. The van der Waals surface area contributed by atoms with Gasteiger partial charge in [0.05, 0.1) is 13.2 Å². The predicted molar refractivity (Wildman–Crippen MR) is 90.5 cm³/mol. The van der Waals surface area contributed by atoms with Gasteiger partial charge in [-0.05, 0) is 37.5 Å². The molecular weight excluding hydrogens is 364 g/mol. The molecule has 5 nitrogen and oxygen atoms in total. The number of methoxy groups -OCH3 is 1. The first-order valence-corrected chi connectivity index (χ1v) is 8.71. The molecule has 1 aromatic carbocycles. The lowest BCUT2D eigenvalue weighted by Crippen LogP contribution is -2.04. The summed E-state index contributed by atoms with van der Waals surface area (Å²) in [4.78, 5) is 12.5. The number of carbonyl (C=O) groups excluding carboxylic acids is 1. The maximum atomic E-state index is 12.5. The zero-order valence-electron chi connectivity index (χ0n) is 13.2. The highest BCUT2D eigenvalue weighted by Crippen LogP contribution is 2.37. The highest BCUT2D eigenvalue weighted by atomic mass is 79.9. The molecule has 0 aliphatic carbocycles. The zero-order chi connectivity index (χ0) is 16.5. The number of allylic oxidation sites excluding steroid dienone is 1. The Kier molecular flexibility index (Phi) is 7.58. The molecule has 1 heterocycles. The number of hydrogen-bond acceptors (Lipinski definition) is 5. The summed E-state index contributed by atoms with van der Waals surface area (Å²) in [6.07, 6.45) is 4.29. The lowest BCUT2D eigenvalue weighted by molar-refractivity contribution is -0.0286. The number of ether oxygens (including phenoxy) is 4. The number of rotatable bonds is 10. The van der Waals surface area contributed by atoms with E-state index in [0.29, 0.717) is 42.5 Å². The molecule has 0 bridgehead atoms. The van der Waals surface area contributed by atoms with Crippen LogP contribution in [-0.4, -0.2) is 38.2 Å². The third kappa shape index (κ3) is 5.06. The molecule has 0 saturated carbocycles. The smallest absolute Gasteiger partial charge is 0.235 e. The van der Waals surface area contributed by atoms with E-state index in [1.807, 2.05) is 6.07 Å². The van der Waals surface area contributed by atoms with Crippen molar-refractivity contribution >= 4 is 21.7 Å². The summed E-state index contributed by atoms with van der Waals surface area (Å²) in [6, 6.07) is 5.41. The Morgan fingerprint density at radius 2 is 2.13 bits per heavy atom. The summed E-state index contributed by atoms with van der Waals surface area (Å²) in [5.74, 6) is 1.33. The summed E-state index contributed by atoms with van der Waals surface area (Å²) in [7, 11) is 1.57. The number of ketones is 1. The molecule has 0 atom stereocenters. The SMILES string of the molecule is COCOCC/C=C1\Oc2cccc(OCCCCBr)c2C1=O. The van der Waals surface area contributed by atoms with Crippen molar-refractivity contribution in [1.82, 2.24) is 0 Å². The van der Waals surface area contributed by atoms with Gasteiger partial charge in [0.2, 0.25) is 5.78 Å². The van der Waals surface area contributed by atoms with Crippen LogP contribution in [0.5, 0.6) is 11.5 Å². The Labute approximate surface area is 144 Å². The van der Waals surface area contributed by atoms with Crippen molar-refractivity contribution in [2.45, 2.75) is 19.3 Å². The highest BCUT2D eigenvalue weighted by Gasteiger charge is 2.30. The van der Waals surface area contributed by atoms with Crippen LogP contribution in [-0.2, 0) is 9.47 Å². The van der Waals surface area contributed by atoms with Crippen LogP contribution >= 0.6 is 15.9 Å². The molecule has 0 saturated heterocycles. The number of benzene rings is 1. The van der Waals surface area contributed by atoms with Crippen LogP contribution in [0.2, 0.25) is 0 Å².